The lowest BCUT2D eigenvalue weighted by Gasteiger charge is -2.33. The van der Waals surface area contributed by atoms with Crippen molar-refractivity contribution in [2.24, 2.45) is 0 Å². The molecule has 0 saturated heterocycles. The number of benzene rings is 1. The third kappa shape index (κ3) is 2.71. The summed E-state index contributed by atoms with van der Waals surface area (Å²) in [7, 11) is 1.76. The van der Waals surface area contributed by atoms with Gasteiger partial charge in [-0.3, -0.25) is 4.79 Å². The van der Waals surface area contributed by atoms with Gasteiger partial charge in [0.1, 0.15) is 5.82 Å². The van der Waals surface area contributed by atoms with Crippen LogP contribution in [0.1, 0.15) is 29.1 Å². The van der Waals surface area contributed by atoms with Crippen LogP contribution in [-0.2, 0) is 6.54 Å². The van der Waals surface area contributed by atoms with E-state index in [0.29, 0.717) is 41.3 Å². The highest BCUT2D eigenvalue weighted by Gasteiger charge is 2.32. The van der Waals surface area contributed by atoms with Crippen LogP contribution in [0, 0.1) is 5.82 Å². The van der Waals surface area contributed by atoms with E-state index in [-0.39, 0.29) is 17.8 Å². The summed E-state index contributed by atoms with van der Waals surface area (Å²) in [5, 5.41) is 12.1. The number of anilines is 1. The second kappa shape index (κ2) is 6.45. The van der Waals surface area contributed by atoms with Crippen molar-refractivity contribution in [3.8, 4) is 10.8 Å². The Morgan fingerprint density at radius 1 is 1.27 bits per heavy atom. The van der Waals surface area contributed by atoms with Crippen LogP contribution >= 0.6 is 11.5 Å². The van der Waals surface area contributed by atoms with Crippen LogP contribution in [0.25, 0.3) is 10.8 Å². The summed E-state index contributed by atoms with van der Waals surface area (Å²) < 4.78 is 19.3. The van der Waals surface area contributed by atoms with Gasteiger partial charge in [-0.2, -0.15) is 9.36 Å². The zero-order valence-corrected chi connectivity index (χ0v) is 15.0. The molecule has 3 aromatic rings. The minimum absolute atomic E-state index is 0.151. The molecule has 0 saturated carbocycles. The molecule has 134 valence electrons. The summed E-state index contributed by atoms with van der Waals surface area (Å²) in [6, 6.07) is 5.32. The first-order valence-electron chi connectivity index (χ1n) is 8.10. The van der Waals surface area contributed by atoms with Crippen molar-refractivity contribution >= 4 is 23.4 Å². The quantitative estimate of drug-likeness (QED) is 0.757. The van der Waals surface area contributed by atoms with Crippen molar-refractivity contribution in [2.45, 2.75) is 19.5 Å². The monoisotopic (exact) mass is 373 g/mol. The number of amides is 1. The van der Waals surface area contributed by atoms with E-state index in [9.17, 15) is 9.18 Å². The van der Waals surface area contributed by atoms with Crippen LogP contribution in [0.15, 0.2) is 24.3 Å². The van der Waals surface area contributed by atoms with Crippen LogP contribution in [0.4, 0.5) is 10.3 Å². The van der Waals surface area contributed by atoms with Gasteiger partial charge in [0.2, 0.25) is 5.95 Å². The molecule has 8 nitrogen and oxygen atoms in total. The summed E-state index contributed by atoms with van der Waals surface area (Å²) in [5.41, 5.74) is 0.453. The van der Waals surface area contributed by atoms with Crippen molar-refractivity contribution in [3.05, 3.63) is 41.5 Å². The number of nitrogens with one attached hydrogen (secondary N) is 1. The number of hydrogen-bond donors (Lipinski definition) is 1. The first-order chi connectivity index (χ1) is 12.6. The second-order valence-electron chi connectivity index (χ2n) is 5.89. The van der Waals surface area contributed by atoms with Gasteiger partial charge in [-0.15, -0.1) is 10.2 Å². The predicted octanol–water partition coefficient (Wildman–Crippen LogP) is 2.19. The first kappa shape index (κ1) is 16.6. The summed E-state index contributed by atoms with van der Waals surface area (Å²) in [4.78, 5) is 18.9. The van der Waals surface area contributed by atoms with Crippen LogP contribution in [0.5, 0.6) is 0 Å². The Kier molecular flexibility index (Phi) is 4.11. The molecule has 3 heterocycles. The molecule has 0 unspecified atom stereocenters. The first-order valence-corrected chi connectivity index (χ1v) is 8.87. The fourth-order valence-corrected chi connectivity index (χ4v) is 3.66. The highest BCUT2D eigenvalue weighted by molar-refractivity contribution is 7.09. The van der Waals surface area contributed by atoms with E-state index in [0.717, 1.165) is 0 Å². The van der Waals surface area contributed by atoms with Gasteiger partial charge >= 0.3 is 0 Å². The van der Waals surface area contributed by atoms with Gasteiger partial charge in [0, 0.05) is 25.7 Å². The summed E-state index contributed by atoms with van der Waals surface area (Å²) >= 11 is 1.25. The van der Waals surface area contributed by atoms with E-state index in [4.69, 9.17) is 0 Å². The molecule has 1 aromatic carbocycles. The summed E-state index contributed by atoms with van der Waals surface area (Å²) in [6.07, 6.45) is 0. The third-order valence-electron chi connectivity index (χ3n) is 4.38. The fraction of sp³-hybridized carbons (Fsp3) is 0.312. The Balaban J connectivity index is 1.62. The van der Waals surface area contributed by atoms with Crippen molar-refractivity contribution in [2.75, 3.05) is 18.9 Å². The Bertz CT molecular complexity index is 952. The lowest BCUT2D eigenvalue weighted by Crippen LogP contribution is -2.41. The number of nitrogens with zero attached hydrogens (tertiary/aromatic N) is 6. The lowest BCUT2D eigenvalue weighted by atomic mass is 10.1. The number of aromatic nitrogens is 5. The SMILES string of the molecule is CNc1nsc(-c2nnc3n2CCN(C(=O)c2ccc(F)cc2)[C@@H]3C)n1. The van der Waals surface area contributed by atoms with Crippen molar-refractivity contribution in [1.82, 2.24) is 29.0 Å². The molecule has 1 aliphatic rings. The summed E-state index contributed by atoms with van der Waals surface area (Å²) in [6.45, 7) is 2.97. The molecule has 0 spiro atoms. The van der Waals surface area contributed by atoms with Gasteiger partial charge in [0.25, 0.3) is 5.91 Å². The molecular weight excluding hydrogens is 357 g/mol. The molecule has 0 bridgehead atoms. The molecule has 1 N–H and O–H groups in total. The van der Waals surface area contributed by atoms with Crippen LogP contribution in [-0.4, -0.2) is 48.5 Å². The third-order valence-corrected chi connectivity index (χ3v) is 5.09. The van der Waals surface area contributed by atoms with Gasteiger partial charge < -0.3 is 14.8 Å². The Morgan fingerprint density at radius 2 is 2.04 bits per heavy atom. The number of carbonyl (C=O) groups is 1. The molecule has 0 fully saturated rings. The molecule has 0 aliphatic carbocycles. The number of carbonyl (C=O) groups excluding carboxylic acids is 1. The van der Waals surface area contributed by atoms with E-state index >= 15 is 0 Å². The second-order valence-corrected chi connectivity index (χ2v) is 6.64. The van der Waals surface area contributed by atoms with Crippen LogP contribution in [0.3, 0.4) is 0 Å². The van der Waals surface area contributed by atoms with E-state index < -0.39 is 0 Å². The zero-order valence-electron chi connectivity index (χ0n) is 14.2. The molecule has 26 heavy (non-hydrogen) atoms. The number of rotatable bonds is 3. The Hall–Kier alpha value is -2.88. The van der Waals surface area contributed by atoms with E-state index in [1.165, 1.54) is 35.8 Å². The molecule has 1 atom stereocenters. The number of hydrogen-bond acceptors (Lipinski definition) is 7. The maximum absolute atomic E-state index is 13.1. The van der Waals surface area contributed by atoms with Gasteiger partial charge in [0.05, 0.1) is 6.04 Å². The Labute approximate surface area is 152 Å². The highest BCUT2D eigenvalue weighted by atomic mass is 32.1. The average molecular weight is 373 g/mol. The minimum atomic E-state index is -0.365. The van der Waals surface area contributed by atoms with Gasteiger partial charge in [-0.25, -0.2) is 4.39 Å². The van der Waals surface area contributed by atoms with Crippen LogP contribution < -0.4 is 5.32 Å². The number of fused-ring (bicyclic) bond motifs is 1. The molecule has 2 aromatic heterocycles. The van der Waals surface area contributed by atoms with E-state index in [1.54, 1.807) is 11.9 Å². The predicted molar refractivity (Wildman–Crippen MR) is 94.3 cm³/mol. The Morgan fingerprint density at radius 3 is 2.73 bits per heavy atom. The maximum Gasteiger partial charge on any atom is 0.254 e. The van der Waals surface area contributed by atoms with E-state index in [2.05, 4.69) is 24.9 Å². The number of halogens is 1. The topological polar surface area (TPSA) is 88.8 Å². The van der Waals surface area contributed by atoms with Crippen molar-refractivity contribution in [1.29, 1.82) is 0 Å². The highest BCUT2D eigenvalue weighted by Crippen LogP contribution is 2.30. The van der Waals surface area contributed by atoms with Gasteiger partial charge in [0.15, 0.2) is 16.7 Å². The molecular formula is C16H16FN7OS. The van der Waals surface area contributed by atoms with Crippen LogP contribution in [0.2, 0.25) is 0 Å². The summed E-state index contributed by atoms with van der Waals surface area (Å²) in [5.74, 6) is 1.37. The standard InChI is InChI=1S/C16H16FN7OS/c1-9-12-20-21-13(14-19-16(18-2)22-26-14)24(12)8-7-23(9)15(25)10-3-5-11(17)6-4-10/h3-6,9H,7-8H2,1-2H3,(H,18,22)/t9-/m1/s1. The smallest absolute Gasteiger partial charge is 0.254 e. The van der Waals surface area contributed by atoms with E-state index in [1.807, 2.05) is 11.5 Å². The fourth-order valence-electron chi connectivity index (χ4n) is 3.00. The molecule has 1 amide bonds. The molecule has 0 radical (unpaired) electrons. The molecule has 1 aliphatic heterocycles. The van der Waals surface area contributed by atoms with Gasteiger partial charge in [-0.05, 0) is 42.7 Å². The largest absolute Gasteiger partial charge is 0.357 e. The lowest BCUT2D eigenvalue weighted by molar-refractivity contribution is 0.0638. The minimum Gasteiger partial charge on any atom is -0.357 e. The zero-order chi connectivity index (χ0) is 18.3. The molecule has 10 heteroatoms. The normalized spacial score (nSPS) is 16.4. The maximum atomic E-state index is 13.1. The van der Waals surface area contributed by atoms with Gasteiger partial charge in [-0.1, -0.05) is 0 Å². The average Bonchev–Trinajstić information content (AvgIpc) is 3.29. The molecule has 4 rings (SSSR count). The van der Waals surface area contributed by atoms with Crippen molar-refractivity contribution < 1.29 is 9.18 Å². The van der Waals surface area contributed by atoms with Crippen molar-refractivity contribution in [3.63, 3.8) is 0 Å².